The molecule has 0 bridgehead atoms. The van der Waals surface area contributed by atoms with Crippen LogP contribution in [0.15, 0.2) is 24.3 Å². The smallest absolute Gasteiger partial charge is 0.0975 e. The first-order valence-corrected chi connectivity index (χ1v) is 7.91. The monoisotopic (exact) mass is 288 g/mol. The van der Waals surface area contributed by atoms with Crippen LogP contribution in [-0.2, 0) is 18.4 Å². The first-order chi connectivity index (χ1) is 9.40. The molecular formula is C17H24N2S. The van der Waals surface area contributed by atoms with Crippen LogP contribution in [-0.4, -0.2) is 12.0 Å². The molecule has 3 heteroatoms. The zero-order chi connectivity index (χ0) is 14.8. The number of rotatable bonds is 4. The summed E-state index contributed by atoms with van der Waals surface area (Å²) in [4.78, 5) is 6.26. The minimum absolute atomic E-state index is 0.105. The minimum atomic E-state index is 0.105. The van der Waals surface area contributed by atoms with E-state index in [1.807, 2.05) is 18.4 Å². The molecular weight excluding hydrogens is 264 g/mol. The summed E-state index contributed by atoms with van der Waals surface area (Å²) in [5.41, 5.74) is 3.98. The fraction of sp³-hybridized carbons (Fsp3) is 0.471. The van der Waals surface area contributed by atoms with E-state index >= 15 is 0 Å². The fourth-order valence-electron chi connectivity index (χ4n) is 2.22. The maximum absolute atomic E-state index is 4.90. The zero-order valence-electron chi connectivity index (χ0n) is 13.1. The second-order valence-corrected chi connectivity index (χ2v) is 7.49. The van der Waals surface area contributed by atoms with Crippen molar-refractivity contribution in [1.29, 1.82) is 0 Å². The summed E-state index contributed by atoms with van der Waals surface area (Å²) in [7, 11) is 1.99. The number of hydrogen-bond donors (Lipinski definition) is 1. The maximum Gasteiger partial charge on any atom is 0.0975 e. The molecule has 108 valence electrons. The molecule has 0 saturated heterocycles. The van der Waals surface area contributed by atoms with Gasteiger partial charge in [0.2, 0.25) is 0 Å². The molecule has 0 radical (unpaired) electrons. The van der Waals surface area contributed by atoms with E-state index in [0.29, 0.717) is 0 Å². The molecule has 0 spiro atoms. The van der Waals surface area contributed by atoms with E-state index < -0.39 is 0 Å². The highest BCUT2D eigenvalue weighted by molar-refractivity contribution is 7.11. The van der Waals surface area contributed by atoms with E-state index in [-0.39, 0.29) is 5.41 Å². The third-order valence-corrected chi connectivity index (χ3v) is 4.32. The molecule has 0 aliphatic carbocycles. The first-order valence-electron chi connectivity index (χ1n) is 7.09. The molecule has 2 nitrogen and oxygen atoms in total. The van der Waals surface area contributed by atoms with E-state index in [1.54, 1.807) is 0 Å². The Morgan fingerprint density at radius 1 is 1.15 bits per heavy atom. The van der Waals surface area contributed by atoms with Gasteiger partial charge in [0, 0.05) is 23.3 Å². The summed E-state index contributed by atoms with van der Waals surface area (Å²) in [5, 5.41) is 4.46. The Morgan fingerprint density at radius 3 is 2.35 bits per heavy atom. The van der Waals surface area contributed by atoms with Crippen molar-refractivity contribution in [1.82, 2.24) is 10.3 Å². The molecule has 0 saturated carbocycles. The number of aryl methyl sites for hydroxylation is 1. The molecule has 1 aromatic heterocycles. The molecule has 1 N–H and O–H groups in total. The van der Waals surface area contributed by atoms with Gasteiger partial charge in [0.25, 0.3) is 0 Å². The topological polar surface area (TPSA) is 24.9 Å². The van der Waals surface area contributed by atoms with Crippen molar-refractivity contribution in [2.75, 3.05) is 7.05 Å². The van der Waals surface area contributed by atoms with Crippen LogP contribution in [0.4, 0.5) is 0 Å². The summed E-state index contributed by atoms with van der Waals surface area (Å²) < 4.78 is 0. The molecule has 1 heterocycles. The van der Waals surface area contributed by atoms with Crippen molar-refractivity contribution in [2.45, 2.75) is 46.1 Å². The van der Waals surface area contributed by atoms with Crippen LogP contribution in [0, 0.1) is 6.92 Å². The predicted octanol–water partition coefficient (Wildman–Crippen LogP) is 4.06. The van der Waals surface area contributed by atoms with Crippen LogP contribution in [0.25, 0.3) is 0 Å². The second-order valence-electron chi connectivity index (χ2n) is 6.32. The quantitative estimate of drug-likeness (QED) is 0.917. The molecule has 2 rings (SSSR count). The van der Waals surface area contributed by atoms with Crippen LogP contribution >= 0.6 is 11.3 Å². The van der Waals surface area contributed by atoms with Crippen LogP contribution in [0.3, 0.4) is 0 Å². The molecule has 0 atom stereocenters. The lowest BCUT2D eigenvalue weighted by Gasteiger charge is -2.17. The van der Waals surface area contributed by atoms with Crippen molar-refractivity contribution < 1.29 is 0 Å². The van der Waals surface area contributed by atoms with Crippen molar-refractivity contribution in [3.05, 3.63) is 51.0 Å². The zero-order valence-corrected chi connectivity index (χ0v) is 13.9. The normalized spacial score (nSPS) is 11.8. The number of nitrogens with zero attached hydrogens (tertiary/aromatic N) is 1. The highest BCUT2D eigenvalue weighted by atomic mass is 32.1. The van der Waals surface area contributed by atoms with E-state index in [4.69, 9.17) is 4.98 Å². The molecule has 0 aliphatic rings. The van der Waals surface area contributed by atoms with Gasteiger partial charge >= 0.3 is 0 Å². The molecule has 0 fully saturated rings. The van der Waals surface area contributed by atoms with E-state index in [1.165, 1.54) is 26.7 Å². The minimum Gasteiger partial charge on any atom is -0.315 e. The molecule has 0 unspecified atom stereocenters. The lowest BCUT2D eigenvalue weighted by Crippen LogP contribution is -2.16. The molecule has 2 aromatic rings. The Bertz CT molecular complexity index is 562. The Labute approximate surface area is 126 Å². The summed E-state index contributed by atoms with van der Waals surface area (Å²) in [5.74, 6) is 0. The van der Waals surface area contributed by atoms with Crippen molar-refractivity contribution in [3.8, 4) is 0 Å². The maximum atomic E-state index is 4.90. The number of benzene rings is 1. The summed E-state index contributed by atoms with van der Waals surface area (Å²) >= 11 is 1.84. The van der Waals surface area contributed by atoms with Gasteiger partial charge in [-0.3, -0.25) is 0 Å². The van der Waals surface area contributed by atoms with E-state index in [9.17, 15) is 0 Å². The molecule has 20 heavy (non-hydrogen) atoms. The van der Waals surface area contributed by atoms with E-state index in [0.717, 1.165) is 13.0 Å². The standard InChI is InChI=1S/C17H24N2S/c1-12-6-8-13(9-7-12)10-15-19-16(17(2,3)4)14(20-15)11-18-5/h6-9,18H,10-11H2,1-5H3. The van der Waals surface area contributed by atoms with Crippen LogP contribution < -0.4 is 5.32 Å². The molecule has 1 aromatic carbocycles. The second kappa shape index (κ2) is 6.06. The number of hydrogen-bond acceptors (Lipinski definition) is 3. The van der Waals surface area contributed by atoms with Crippen molar-refractivity contribution in [2.24, 2.45) is 0 Å². The van der Waals surface area contributed by atoms with Gasteiger partial charge in [0.1, 0.15) is 0 Å². The highest BCUT2D eigenvalue weighted by Gasteiger charge is 2.22. The Balaban J connectivity index is 2.26. The van der Waals surface area contributed by atoms with Gasteiger partial charge in [-0.05, 0) is 19.5 Å². The number of thiazole rings is 1. The Morgan fingerprint density at radius 2 is 1.80 bits per heavy atom. The van der Waals surface area contributed by atoms with Crippen LogP contribution in [0.5, 0.6) is 0 Å². The first kappa shape index (κ1) is 15.2. The Kier molecular flexibility index (Phi) is 4.61. The van der Waals surface area contributed by atoms with Gasteiger partial charge in [-0.25, -0.2) is 4.98 Å². The SMILES string of the molecule is CNCc1sc(Cc2ccc(C)cc2)nc1C(C)(C)C. The van der Waals surface area contributed by atoms with Gasteiger partial charge in [0.15, 0.2) is 0 Å². The third-order valence-electron chi connectivity index (χ3n) is 3.27. The average Bonchev–Trinajstić information content (AvgIpc) is 2.75. The van der Waals surface area contributed by atoms with Crippen LogP contribution in [0.1, 0.15) is 47.5 Å². The van der Waals surface area contributed by atoms with Crippen molar-refractivity contribution in [3.63, 3.8) is 0 Å². The summed E-state index contributed by atoms with van der Waals surface area (Å²) in [6.07, 6.45) is 0.928. The summed E-state index contributed by atoms with van der Waals surface area (Å²) in [6.45, 7) is 9.72. The number of aromatic nitrogens is 1. The van der Waals surface area contributed by atoms with Crippen LogP contribution in [0.2, 0.25) is 0 Å². The number of nitrogens with one attached hydrogen (secondary N) is 1. The largest absolute Gasteiger partial charge is 0.315 e. The van der Waals surface area contributed by atoms with Gasteiger partial charge in [-0.2, -0.15) is 0 Å². The van der Waals surface area contributed by atoms with Crippen molar-refractivity contribution >= 4 is 11.3 Å². The molecule has 0 amide bonds. The lowest BCUT2D eigenvalue weighted by atomic mass is 9.91. The van der Waals surface area contributed by atoms with Gasteiger partial charge < -0.3 is 5.32 Å². The van der Waals surface area contributed by atoms with Gasteiger partial charge in [-0.15, -0.1) is 11.3 Å². The molecule has 0 aliphatic heterocycles. The predicted molar refractivity (Wildman–Crippen MR) is 87.6 cm³/mol. The summed E-state index contributed by atoms with van der Waals surface area (Å²) in [6, 6.07) is 8.74. The highest BCUT2D eigenvalue weighted by Crippen LogP contribution is 2.30. The lowest BCUT2D eigenvalue weighted by molar-refractivity contribution is 0.561. The Hall–Kier alpha value is -1.19. The van der Waals surface area contributed by atoms with Gasteiger partial charge in [0.05, 0.1) is 10.7 Å². The van der Waals surface area contributed by atoms with E-state index in [2.05, 4.69) is 57.3 Å². The fourth-order valence-corrected chi connectivity index (χ4v) is 3.55. The van der Waals surface area contributed by atoms with Gasteiger partial charge in [-0.1, -0.05) is 50.6 Å². The average molecular weight is 288 g/mol. The third kappa shape index (κ3) is 3.68.